The third-order valence-electron chi connectivity index (χ3n) is 8.87. The molecule has 0 bridgehead atoms. The van der Waals surface area contributed by atoms with Crippen LogP contribution in [0.5, 0.6) is 0 Å². The molecule has 0 amide bonds. The minimum Gasteiger partial charge on any atom is -0.500 e. The number of pyridine rings is 2. The molecule has 7 rings (SSSR count). The van der Waals surface area contributed by atoms with Crippen molar-refractivity contribution < 1.29 is 28.9 Å². The number of halogens is 1. The van der Waals surface area contributed by atoms with E-state index in [9.17, 15) is 4.39 Å². The molecule has 6 heteroatoms. The van der Waals surface area contributed by atoms with Gasteiger partial charge in [-0.15, -0.1) is 23.8 Å². The van der Waals surface area contributed by atoms with Gasteiger partial charge in [-0.1, -0.05) is 42.7 Å². The SMILES string of the molecule is CC(C)Cc1cc(-c2[c-]cccc2)nc[c]1[Ge]([CH3])([CH3])[CH3].Fc1ccc2oc3c[c-]c(-c4cc(CC5CCCC5)ccn4)cc3c2c1.[Ir]. The number of aromatic nitrogens is 2. The normalized spacial score (nSPS) is 13.5. The van der Waals surface area contributed by atoms with Gasteiger partial charge in [-0.3, -0.25) is 0 Å². The van der Waals surface area contributed by atoms with Crippen LogP contribution in [0.4, 0.5) is 4.39 Å². The topological polar surface area (TPSA) is 38.9 Å². The van der Waals surface area contributed by atoms with Gasteiger partial charge in [0.05, 0.1) is 5.58 Å². The minimum atomic E-state index is -1.86. The van der Waals surface area contributed by atoms with Gasteiger partial charge in [0.25, 0.3) is 0 Å². The molecule has 3 aromatic heterocycles. The van der Waals surface area contributed by atoms with Crippen LogP contribution in [0.3, 0.4) is 0 Å². The predicted octanol–water partition coefficient (Wildman–Crippen LogP) is 10.6. The van der Waals surface area contributed by atoms with Crippen molar-refractivity contribution in [1.82, 2.24) is 9.97 Å². The van der Waals surface area contributed by atoms with Crippen LogP contribution < -0.4 is 4.40 Å². The van der Waals surface area contributed by atoms with E-state index in [0.717, 1.165) is 57.6 Å². The molecule has 1 fully saturated rings. The first-order valence-corrected chi connectivity index (χ1v) is 23.9. The summed E-state index contributed by atoms with van der Waals surface area (Å²) in [6.07, 6.45) is 11.7. The predicted molar refractivity (Wildman–Crippen MR) is 191 cm³/mol. The van der Waals surface area contributed by atoms with Crippen LogP contribution in [0.25, 0.3) is 44.5 Å². The zero-order valence-electron chi connectivity index (χ0n) is 28.0. The fourth-order valence-corrected chi connectivity index (χ4v) is 9.95. The van der Waals surface area contributed by atoms with E-state index in [0.29, 0.717) is 11.5 Å². The first-order chi connectivity index (χ1) is 22.1. The zero-order chi connectivity index (χ0) is 32.3. The molecule has 1 radical (unpaired) electrons. The van der Waals surface area contributed by atoms with Crippen molar-refractivity contribution in [2.45, 2.75) is 69.6 Å². The Morgan fingerprint density at radius 1 is 0.872 bits per heavy atom. The maximum Gasteiger partial charge on any atom is 0.124 e. The molecule has 1 aliphatic carbocycles. The van der Waals surface area contributed by atoms with Crippen molar-refractivity contribution >= 4 is 39.6 Å². The summed E-state index contributed by atoms with van der Waals surface area (Å²) in [6.45, 7) is 4.57. The van der Waals surface area contributed by atoms with Crippen LogP contribution in [0.1, 0.15) is 50.7 Å². The molecule has 0 unspecified atom stereocenters. The van der Waals surface area contributed by atoms with Crippen molar-refractivity contribution in [2.75, 3.05) is 0 Å². The Labute approximate surface area is 295 Å². The molecule has 0 spiro atoms. The summed E-state index contributed by atoms with van der Waals surface area (Å²) in [4.78, 5) is 9.24. The molecule has 3 aromatic carbocycles. The van der Waals surface area contributed by atoms with Gasteiger partial charge >= 0.3 is 126 Å². The first kappa shape index (κ1) is 35.2. The summed E-state index contributed by atoms with van der Waals surface area (Å²) in [5, 5.41) is 1.69. The number of hydrogen-bond donors (Lipinski definition) is 0. The van der Waals surface area contributed by atoms with Crippen molar-refractivity contribution in [3.8, 4) is 22.5 Å². The van der Waals surface area contributed by atoms with Crippen LogP contribution >= 0.6 is 0 Å². The molecule has 47 heavy (non-hydrogen) atoms. The Kier molecular flexibility index (Phi) is 11.5. The van der Waals surface area contributed by atoms with Crippen molar-refractivity contribution in [2.24, 2.45) is 11.8 Å². The maximum atomic E-state index is 13.7. The molecule has 3 nitrogen and oxygen atoms in total. The summed E-state index contributed by atoms with van der Waals surface area (Å²) >= 11 is -1.86. The second kappa shape index (κ2) is 15.4. The molecule has 0 N–H and O–H groups in total. The van der Waals surface area contributed by atoms with Gasteiger partial charge in [0.15, 0.2) is 0 Å². The van der Waals surface area contributed by atoms with E-state index in [1.54, 1.807) is 10.5 Å². The summed E-state index contributed by atoms with van der Waals surface area (Å²) in [5.41, 5.74) is 8.20. The van der Waals surface area contributed by atoms with Crippen molar-refractivity contribution in [1.29, 1.82) is 0 Å². The van der Waals surface area contributed by atoms with E-state index in [2.05, 4.69) is 78.7 Å². The number of hydrogen-bond acceptors (Lipinski definition) is 3. The number of fused-ring (bicyclic) bond motifs is 3. The largest absolute Gasteiger partial charge is 0.500 e. The summed E-state index contributed by atoms with van der Waals surface area (Å²) < 4.78 is 21.0. The summed E-state index contributed by atoms with van der Waals surface area (Å²) in [6, 6.07) is 29.6. The third-order valence-corrected chi connectivity index (χ3v) is 13.2. The minimum absolute atomic E-state index is 0. The van der Waals surface area contributed by atoms with Crippen molar-refractivity contribution in [3.63, 3.8) is 0 Å². The Balaban J connectivity index is 0.000000188. The fraction of sp³-hybridized carbons (Fsp3) is 0.317. The second-order valence-corrected chi connectivity index (χ2v) is 24.7. The maximum absolute atomic E-state index is 13.7. The molecule has 3 heterocycles. The first-order valence-electron chi connectivity index (χ1n) is 16.6. The van der Waals surface area contributed by atoms with E-state index in [1.807, 2.05) is 36.5 Å². The van der Waals surface area contributed by atoms with Crippen LogP contribution in [0, 0.1) is 29.8 Å². The zero-order valence-corrected chi connectivity index (χ0v) is 32.5. The standard InChI is InChI=1S/C23H19FNO.C18H24GeN.Ir/c24-18-6-8-23-20(14-18)19-13-17(5-7-22(19)26-23)21-12-16(9-10-25-21)11-15-3-1-2-4-15;1-14(2)11-16-12-18(15-9-7-6-8-10-15)20-13-17(16)19(3,4)5;/h6-10,12-15H,1-4,11H2;6-9,12-14H,11H2,1-5H3;/q2*-1;. The molecular weight excluding hydrogens is 820 g/mol. The van der Waals surface area contributed by atoms with Gasteiger partial charge in [-0.2, -0.15) is 0 Å². The van der Waals surface area contributed by atoms with E-state index < -0.39 is 13.3 Å². The Morgan fingerprint density at radius 3 is 2.36 bits per heavy atom. The Hall–Kier alpha value is -3.12. The van der Waals surface area contributed by atoms with Crippen LogP contribution in [0.15, 0.2) is 89.6 Å². The Morgan fingerprint density at radius 2 is 1.64 bits per heavy atom. The van der Waals surface area contributed by atoms with Gasteiger partial charge in [-0.05, 0) is 42.3 Å². The summed E-state index contributed by atoms with van der Waals surface area (Å²) in [5.74, 6) is 8.54. The van der Waals surface area contributed by atoms with Crippen LogP contribution in [-0.4, -0.2) is 23.2 Å². The average molecular weight is 864 g/mol. The average Bonchev–Trinajstić information content (AvgIpc) is 3.68. The monoisotopic (exact) mass is 865 g/mol. The smallest absolute Gasteiger partial charge is 0.124 e. The molecule has 0 saturated heterocycles. The van der Waals surface area contributed by atoms with Gasteiger partial charge in [0, 0.05) is 31.7 Å². The molecule has 6 aromatic rings. The van der Waals surface area contributed by atoms with Gasteiger partial charge in [0.2, 0.25) is 0 Å². The van der Waals surface area contributed by atoms with E-state index >= 15 is 0 Å². The summed E-state index contributed by atoms with van der Waals surface area (Å²) in [7, 11) is 0. The van der Waals surface area contributed by atoms with Gasteiger partial charge < -0.3 is 9.40 Å². The number of furan rings is 1. The fourth-order valence-electron chi connectivity index (χ4n) is 6.62. The number of rotatable bonds is 7. The number of nitrogens with zero attached hydrogens (tertiary/aromatic N) is 2. The van der Waals surface area contributed by atoms with E-state index in [4.69, 9.17) is 9.40 Å². The quantitative estimate of drug-likeness (QED) is 0.119. The molecular formula is C41H43FGeIrN2O-2. The molecule has 0 aliphatic heterocycles. The van der Waals surface area contributed by atoms with E-state index in [1.165, 1.54) is 48.9 Å². The van der Waals surface area contributed by atoms with Crippen molar-refractivity contribution in [3.05, 3.63) is 114 Å². The van der Waals surface area contributed by atoms with Gasteiger partial charge in [-0.25, -0.2) is 4.39 Å². The van der Waals surface area contributed by atoms with E-state index in [-0.39, 0.29) is 25.9 Å². The molecule has 245 valence electrons. The third kappa shape index (κ3) is 8.68. The molecule has 1 saturated carbocycles. The second-order valence-electron chi connectivity index (χ2n) is 14.1. The van der Waals surface area contributed by atoms with Crippen LogP contribution in [0.2, 0.25) is 17.3 Å². The molecule has 1 aliphatic rings. The van der Waals surface area contributed by atoms with Gasteiger partial charge in [0.1, 0.15) is 11.4 Å². The van der Waals surface area contributed by atoms with Crippen LogP contribution in [-0.2, 0) is 32.9 Å². The Bertz CT molecular complexity index is 1940. The number of benzene rings is 3. The molecule has 0 atom stereocenters.